The first kappa shape index (κ1) is 14.4. The highest BCUT2D eigenvalue weighted by molar-refractivity contribution is 9.10. The molecule has 1 aromatic carbocycles. The molecule has 1 heterocycles. The second kappa shape index (κ2) is 5.96. The van der Waals surface area contributed by atoms with Gasteiger partial charge in [0.05, 0.1) is 15.7 Å². The van der Waals surface area contributed by atoms with Crippen molar-refractivity contribution in [2.45, 2.75) is 0 Å². The molecule has 0 saturated carbocycles. The van der Waals surface area contributed by atoms with Crippen LogP contribution >= 0.6 is 15.9 Å². The first-order valence-corrected chi connectivity index (χ1v) is 6.40. The van der Waals surface area contributed by atoms with Crippen molar-refractivity contribution in [3.8, 4) is 0 Å². The number of pyridine rings is 1. The molecule has 2 rings (SSSR count). The molecule has 7 heteroatoms. The summed E-state index contributed by atoms with van der Waals surface area (Å²) in [4.78, 5) is 15.9. The summed E-state index contributed by atoms with van der Waals surface area (Å²) in [5, 5.41) is 5.21. The third-order valence-electron chi connectivity index (χ3n) is 2.59. The van der Waals surface area contributed by atoms with Gasteiger partial charge in [0, 0.05) is 31.2 Å². The maximum absolute atomic E-state index is 13.6. The summed E-state index contributed by atoms with van der Waals surface area (Å²) in [6.07, 6.45) is 2.88. The van der Waals surface area contributed by atoms with Crippen LogP contribution in [0.4, 0.5) is 20.2 Å². The molecule has 0 aliphatic carbocycles. The minimum Gasteiger partial charge on any atom is -0.387 e. The molecule has 20 heavy (non-hydrogen) atoms. The number of benzene rings is 1. The highest BCUT2D eigenvalue weighted by Gasteiger charge is 2.15. The number of nitrogens with zero attached hydrogens (tertiary/aromatic N) is 1. The molecule has 0 spiro atoms. The Balaban J connectivity index is 2.30. The standard InChI is InChI=1S/C13H10BrF2N3O/c1-17-11-2-3-18-6-7(11)13(20)19-12-4-8(14)9(15)5-10(12)16/h2-6H,1H3,(H,17,18)(H,19,20). The van der Waals surface area contributed by atoms with Gasteiger partial charge in [0.2, 0.25) is 0 Å². The lowest BCUT2D eigenvalue weighted by Gasteiger charge is -2.10. The molecule has 0 unspecified atom stereocenters. The van der Waals surface area contributed by atoms with E-state index in [0.717, 1.165) is 6.07 Å². The van der Waals surface area contributed by atoms with Crippen LogP contribution in [-0.4, -0.2) is 17.9 Å². The number of rotatable bonds is 3. The summed E-state index contributed by atoms with van der Waals surface area (Å²) in [7, 11) is 1.65. The molecule has 104 valence electrons. The Morgan fingerprint density at radius 3 is 2.70 bits per heavy atom. The maximum Gasteiger partial charge on any atom is 0.259 e. The van der Waals surface area contributed by atoms with Crippen molar-refractivity contribution in [2.75, 3.05) is 17.7 Å². The van der Waals surface area contributed by atoms with Gasteiger partial charge in [-0.2, -0.15) is 0 Å². The lowest BCUT2D eigenvalue weighted by atomic mass is 10.2. The average Bonchev–Trinajstić information content (AvgIpc) is 2.44. The van der Waals surface area contributed by atoms with Gasteiger partial charge in [-0.15, -0.1) is 0 Å². The first-order chi connectivity index (χ1) is 9.52. The third kappa shape index (κ3) is 2.93. The van der Waals surface area contributed by atoms with Crippen molar-refractivity contribution in [1.29, 1.82) is 0 Å². The summed E-state index contributed by atoms with van der Waals surface area (Å²) >= 11 is 2.94. The van der Waals surface area contributed by atoms with Crippen molar-refractivity contribution >= 4 is 33.2 Å². The third-order valence-corrected chi connectivity index (χ3v) is 3.20. The number of amides is 1. The average molecular weight is 342 g/mol. The van der Waals surface area contributed by atoms with E-state index in [1.54, 1.807) is 13.1 Å². The van der Waals surface area contributed by atoms with Crippen LogP contribution in [-0.2, 0) is 0 Å². The van der Waals surface area contributed by atoms with Gasteiger partial charge in [-0.3, -0.25) is 9.78 Å². The molecule has 2 N–H and O–H groups in total. The van der Waals surface area contributed by atoms with E-state index in [1.807, 2.05) is 0 Å². The van der Waals surface area contributed by atoms with E-state index < -0.39 is 17.5 Å². The lowest BCUT2D eigenvalue weighted by Crippen LogP contribution is -2.15. The van der Waals surface area contributed by atoms with Crippen LogP contribution < -0.4 is 10.6 Å². The normalized spacial score (nSPS) is 10.2. The number of aromatic nitrogens is 1. The molecule has 0 bridgehead atoms. The molecule has 1 amide bonds. The van der Waals surface area contributed by atoms with E-state index in [1.165, 1.54) is 12.4 Å². The lowest BCUT2D eigenvalue weighted by molar-refractivity contribution is 0.102. The second-order valence-electron chi connectivity index (χ2n) is 3.87. The largest absolute Gasteiger partial charge is 0.387 e. The molecule has 0 radical (unpaired) electrons. The minimum absolute atomic E-state index is 0.0641. The fraction of sp³-hybridized carbons (Fsp3) is 0.0769. The van der Waals surface area contributed by atoms with Gasteiger partial charge >= 0.3 is 0 Å². The van der Waals surface area contributed by atoms with Gasteiger partial charge in [-0.05, 0) is 28.1 Å². The van der Waals surface area contributed by atoms with E-state index in [4.69, 9.17) is 0 Å². The zero-order valence-electron chi connectivity index (χ0n) is 10.4. The van der Waals surface area contributed by atoms with E-state index in [2.05, 4.69) is 31.5 Å². The molecule has 4 nitrogen and oxygen atoms in total. The summed E-state index contributed by atoms with van der Waals surface area (Å²) in [5.41, 5.74) is 0.697. The minimum atomic E-state index is -0.853. The maximum atomic E-state index is 13.6. The predicted molar refractivity (Wildman–Crippen MR) is 75.8 cm³/mol. The summed E-state index contributed by atoms with van der Waals surface area (Å²) in [6.45, 7) is 0. The Hall–Kier alpha value is -2.02. The Morgan fingerprint density at radius 1 is 1.25 bits per heavy atom. The molecule has 2 aromatic rings. The van der Waals surface area contributed by atoms with Gasteiger partial charge in [0.15, 0.2) is 0 Å². The van der Waals surface area contributed by atoms with Crippen molar-refractivity contribution in [1.82, 2.24) is 4.98 Å². The van der Waals surface area contributed by atoms with Crippen molar-refractivity contribution in [3.05, 3.63) is 52.3 Å². The van der Waals surface area contributed by atoms with Crippen molar-refractivity contribution in [3.63, 3.8) is 0 Å². The smallest absolute Gasteiger partial charge is 0.259 e. The molecular formula is C13H10BrF2N3O. The van der Waals surface area contributed by atoms with Gasteiger partial charge in [-0.1, -0.05) is 0 Å². The Morgan fingerprint density at radius 2 is 2.00 bits per heavy atom. The van der Waals surface area contributed by atoms with Gasteiger partial charge in [0.1, 0.15) is 11.6 Å². The molecule has 0 aliphatic heterocycles. The number of carbonyl (C=O) groups excluding carboxylic acids is 1. The number of anilines is 2. The van der Waals surface area contributed by atoms with Crippen LogP contribution in [0.15, 0.2) is 35.1 Å². The van der Waals surface area contributed by atoms with E-state index in [9.17, 15) is 13.6 Å². The fourth-order valence-corrected chi connectivity index (χ4v) is 1.94. The quantitative estimate of drug-likeness (QED) is 0.841. The molecule has 1 aromatic heterocycles. The molecule has 0 fully saturated rings. The number of hydrogen-bond donors (Lipinski definition) is 2. The van der Waals surface area contributed by atoms with Crippen LogP contribution in [0.1, 0.15) is 10.4 Å². The van der Waals surface area contributed by atoms with Crippen LogP contribution in [0.5, 0.6) is 0 Å². The van der Waals surface area contributed by atoms with Crippen molar-refractivity contribution in [2.24, 2.45) is 0 Å². The molecular weight excluding hydrogens is 332 g/mol. The summed E-state index contributed by atoms with van der Waals surface area (Å²) in [5.74, 6) is -2.13. The first-order valence-electron chi connectivity index (χ1n) is 5.60. The monoisotopic (exact) mass is 341 g/mol. The molecule has 0 saturated heterocycles. The number of halogens is 3. The number of hydrogen-bond acceptors (Lipinski definition) is 3. The van der Waals surface area contributed by atoms with E-state index in [0.29, 0.717) is 11.8 Å². The highest BCUT2D eigenvalue weighted by atomic mass is 79.9. The SMILES string of the molecule is CNc1ccncc1C(=O)Nc1cc(Br)c(F)cc1F. The topological polar surface area (TPSA) is 54.0 Å². The Bertz CT molecular complexity index is 664. The summed E-state index contributed by atoms with van der Waals surface area (Å²) < 4.78 is 26.8. The predicted octanol–water partition coefficient (Wildman–Crippen LogP) is 3.42. The van der Waals surface area contributed by atoms with Crippen LogP contribution in [0.2, 0.25) is 0 Å². The Labute approximate surface area is 122 Å². The molecule has 0 aliphatic rings. The summed E-state index contributed by atoms with van der Waals surface area (Å²) in [6, 6.07) is 3.48. The highest BCUT2D eigenvalue weighted by Crippen LogP contribution is 2.24. The van der Waals surface area contributed by atoms with Crippen LogP contribution in [0, 0.1) is 11.6 Å². The zero-order valence-corrected chi connectivity index (χ0v) is 12.0. The second-order valence-corrected chi connectivity index (χ2v) is 4.73. The van der Waals surface area contributed by atoms with E-state index >= 15 is 0 Å². The number of carbonyl (C=O) groups is 1. The van der Waals surface area contributed by atoms with Gasteiger partial charge < -0.3 is 10.6 Å². The van der Waals surface area contributed by atoms with Gasteiger partial charge in [-0.25, -0.2) is 8.78 Å². The van der Waals surface area contributed by atoms with Crippen LogP contribution in [0.25, 0.3) is 0 Å². The number of nitrogens with one attached hydrogen (secondary N) is 2. The van der Waals surface area contributed by atoms with Crippen LogP contribution in [0.3, 0.4) is 0 Å². The van der Waals surface area contributed by atoms with Crippen molar-refractivity contribution < 1.29 is 13.6 Å². The fourth-order valence-electron chi connectivity index (χ4n) is 1.60. The van der Waals surface area contributed by atoms with Gasteiger partial charge in [0.25, 0.3) is 5.91 Å². The van der Waals surface area contributed by atoms with E-state index in [-0.39, 0.29) is 15.7 Å². The Kier molecular flexibility index (Phi) is 4.29. The zero-order chi connectivity index (χ0) is 14.7. The molecule has 0 atom stereocenters.